The van der Waals surface area contributed by atoms with Crippen molar-refractivity contribution in [1.82, 2.24) is 4.90 Å². The van der Waals surface area contributed by atoms with Gasteiger partial charge >= 0.3 is 0 Å². The fourth-order valence-electron chi connectivity index (χ4n) is 6.61. The number of hydrogen-bond acceptors (Lipinski definition) is 5. The maximum absolute atomic E-state index is 13.8. The Labute approximate surface area is 284 Å². The number of amides is 1. The molecular formula is C41H42N2O4S. The molecule has 0 aliphatic carbocycles. The van der Waals surface area contributed by atoms with Crippen molar-refractivity contribution >= 4 is 21.4 Å². The van der Waals surface area contributed by atoms with E-state index in [-0.39, 0.29) is 22.3 Å². The summed E-state index contributed by atoms with van der Waals surface area (Å²) in [4.78, 5) is 18.0. The fraction of sp³-hybridized carbons (Fsp3) is 0.244. The molecule has 5 aromatic rings. The van der Waals surface area contributed by atoms with Crippen molar-refractivity contribution in [3.63, 3.8) is 0 Å². The molecule has 1 fully saturated rings. The second kappa shape index (κ2) is 14.1. The van der Waals surface area contributed by atoms with Crippen LogP contribution >= 0.6 is 0 Å². The van der Waals surface area contributed by atoms with E-state index in [2.05, 4.69) is 120 Å². The van der Waals surface area contributed by atoms with Gasteiger partial charge in [-0.15, -0.1) is 0 Å². The molecule has 5 aromatic carbocycles. The minimum atomic E-state index is -3.48. The SMILES string of the molecule is CC(C)COc1ccc(S(C)(=O)=O)cc1C(=O)N1CCN(c2ccc(C(c3ccccc3)(c3ccccc3)c3ccccc3)cc2)CC1. The van der Waals surface area contributed by atoms with Crippen LogP contribution in [0.2, 0.25) is 0 Å². The molecule has 0 unspecified atom stereocenters. The van der Waals surface area contributed by atoms with Crippen LogP contribution in [0.1, 0.15) is 46.5 Å². The quantitative estimate of drug-likeness (QED) is 0.146. The van der Waals surface area contributed by atoms with Crippen LogP contribution in [0.15, 0.2) is 138 Å². The van der Waals surface area contributed by atoms with Gasteiger partial charge in [0.2, 0.25) is 0 Å². The second-order valence-electron chi connectivity index (χ2n) is 12.8. The van der Waals surface area contributed by atoms with Crippen molar-refractivity contribution in [3.8, 4) is 5.75 Å². The standard InChI is InChI=1S/C41H42N2O4S/c1-31(2)30-47-39-24-23-37(48(3,45)46)29-38(39)40(44)43-27-25-42(26-28-43)36-21-19-35(20-22-36)41(32-13-7-4-8-14-32,33-15-9-5-10-16-33)34-17-11-6-12-18-34/h4-24,29,31H,25-28,30H2,1-3H3. The third-order valence-electron chi connectivity index (χ3n) is 9.03. The van der Waals surface area contributed by atoms with Gasteiger partial charge in [-0.2, -0.15) is 0 Å². The van der Waals surface area contributed by atoms with E-state index < -0.39 is 15.3 Å². The van der Waals surface area contributed by atoms with Gasteiger partial charge in [-0.1, -0.05) is 117 Å². The molecule has 6 nitrogen and oxygen atoms in total. The molecule has 48 heavy (non-hydrogen) atoms. The Morgan fingerprint density at radius 2 is 1.17 bits per heavy atom. The molecule has 6 rings (SSSR count). The topological polar surface area (TPSA) is 66.9 Å². The van der Waals surface area contributed by atoms with Gasteiger partial charge in [0.05, 0.1) is 22.5 Å². The number of piperazine rings is 1. The molecule has 1 amide bonds. The average molecular weight is 659 g/mol. The first-order valence-corrected chi connectivity index (χ1v) is 18.4. The highest BCUT2D eigenvalue weighted by molar-refractivity contribution is 7.90. The molecule has 1 heterocycles. The van der Waals surface area contributed by atoms with Gasteiger partial charge in [-0.3, -0.25) is 4.79 Å². The first kappa shape index (κ1) is 33.0. The van der Waals surface area contributed by atoms with Crippen molar-refractivity contribution in [2.45, 2.75) is 24.2 Å². The summed E-state index contributed by atoms with van der Waals surface area (Å²) in [7, 11) is -3.48. The molecule has 1 aliphatic rings. The lowest BCUT2D eigenvalue weighted by atomic mass is 9.65. The number of ether oxygens (including phenoxy) is 1. The number of hydrogen-bond donors (Lipinski definition) is 0. The Balaban J connectivity index is 1.27. The van der Waals surface area contributed by atoms with Crippen LogP contribution in [0, 0.1) is 5.92 Å². The molecule has 1 aliphatic heterocycles. The number of carbonyl (C=O) groups is 1. The molecular weight excluding hydrogens is 617 g/mol. The Morgan fingerprint density at radius 1 is 0.688 bits per heavy atom. The number of nitrogens with zero attached hydrogens (tertiary/aromatic N) is 2. The van der Waals surface area contributed by atoms with Crippen molar-refractivity contribution in [2.24, 2.45) is 5.92 Å². The van der Waals surface area contributed by atoms with E-state index in [0.717, 1.165) is 11.9 Å². The molecule has 0 atom stereocenters. The van der Waals surface area contributed by atoms with Crippen molar-refractivity contribution < 1.29 is 17.9 Å². The molecule has 0 aromatic heterocycles. The highest BCUT2D eigenvalue weighted by atomic mass is 32.2. The van der Waals surface area contributed by atoms with Crippen LogP contribution in [0.3, 0.4) is 0 Å². The van der Waals surface area contributed by atoms with E-state index >= 15 is 0 Å². The Hall–Kier alpha value is -4.88. The van der Waals surface area contributed by atoms with Gasteiger partial charge < -0.3 is 14.5 Å². The highest BCUT2D eigenvalue weighted by Gasteiger charge is 2.38. The number of anilines is 1. The van der Waals surface area contributed by atoms with Gasteiger partial charge in [-0.25, -0.2) is 8.42 Å². The van der Waals surface area contributed by atoms with E-state index in [0.29, 0.717) is 38.5 Å². The average Bonchev–Trinajstić information content (AvgIpc) is 3.12. The summed E-state index contributed by atoms with van der Waals surface area (Å²) >= 11 is 0. The van der Waals surface area contributed by atoms with Gasteiger partial charge in [0, 0.05) is 38.1 Å². The zero-order valence-corrected chi connectivity index (χ0v) is 28.6. The van der Waals surface area contributed by atoms with Crippen molar-refractivity contribution in [3.05, 3.63) is 161 Å². The summed E-state index contributed by atoms with van der Waals surface area (Å²) in [6.07, 6.45) is 1.15. The Bertz CT molecular complexity index is 1840. The molecule has 0 radical (unpaired) electrons. The number of carbonyl (C=O) groups excluding carboxylic acids is 1. The molecule has 0 spiro atoms. The van der Waals surface area contributed by atoms with Crippen LogP contribution < -0.4 is 9.64 Å². The van der Waals surface area contributed by atoms with E-state index in [1.807, 2.05) is 13.8 Å². The summed E-state index contributed by atoms with van der Waals surface area (Å²) in [5.41, 5.74) is 5.62. The first-order valence-electron chi connectivity index (χ1n) is 16.5. The minimum Gasteiger partial charge on any atom is -0.492 e. The van der Waals surface area contributed by atoms with Gasteiger partial charge in [-0.05, 0) is 58.5 Å². The van der Waals surface area contributed by atoms with E-state index in [9.17, 15) is 13.2 Å². The largest absolute Gasteiger partial charge is 0.492 e. The number of benzene rings is 5. The van der Waals surface area contributed by atoms with Gasteiger partial charge in [0.25, 0.3) is 5.91 Å². The summed E-state index contributed by atoms with van der Waals surface area (Å²) in [6, 6.07) is 45.4. The van der Waals surface area contributed by atoms with Crippen LogP contribution in [0.25, 0.3) is 0 Å². The summed E-state index contributed by atoms with van der Waals surface area (Å²) in [5, 5.41) is 0. The normalized spacial score (nSPS) is 13.8. The van der Waals surface area contributed by atoms with Crippen LogP contribution in [0.4, 0.5) is 5.69 Å². The predicted octanol–water partition coefficient (Wildman–Crippen LogP) is 7.47. The predicted molar refractivity (Wildman–Crippen MR) is 193 cm³/mol. The first-order chi connectivity index (χ1) is 23.2. The maximum Gasteiger partial charge on any atom is 0.257 e. The second-order valence-corrected chi connectivity index (χ2v) is 14.8. The number of rotatable bonds is 10. The van der Waals surface area contributed by atoms with Crippen molar-refractivity contribution in [2.75, 3.05) is 43.9 Å². The molecule has 0 saturated carbocycles. The maximum atomic E-state index is 13.8. The van der Waals surface area contributed by atoms with Gasteiger partial charge in [0.1, 0.15) is 5.75 Å². The van der Waals surface area contributed by atoms with Crippen LogP contribution in [-0.2, 0) is 15.3 Å². The molecule has 1 saturated heterocycles. The van der Waals surface area contributed by atoms with Crippen LogP contribution in [0.5, 0.6) is 5.75 Å². The number of sulfone groups is 1. The third kappa shape index (κ3) is 6.74. The zero-order chi connectivity index (χ0) is 33.7. The summed E-state index contributed by atoms with van der Waals surface area (Å²) in [5.74, 6) is 0.459. The lowest BCUT2D eigenvalue weighted by molar-refractivity contribution is 0.0741. The van der Waals surface area contributed by atoms with E-state index in [1.165, 1.54) is 34.4 Å². The Kier molecular flexibility index (Phi) is 9.69. The fourth-order valence-corrected chi connectivity index (χ4v) is 7.26. The molecule has 0 bridgehead atoms. The lowest BCUT2D eigenvalue weighted by Gasteiger charge is -2.38. The third-order valence-corrected chi connectivity index (χ3v) is 10.1. The monoisotopic (exact) mass is 658 g/mol. The van der Waals surface area contributed by atoms with E-state index in [4.69, 9.17) is 4.74 Å². The van der Waals surface area contributed by atoms with E-state index in [1.54, 1.807) is 11.0 Å². The zero-order valence-electron chi connectivity index (χ0n) is 27.8. The summed E-state index contributed by atoms with van der Waals surface area (Å²) in [6.45, 7) is 6.82. The molecule has 7 heteroatoms. The lowest BCUT2D eigenvalue weighted by Crippen LogP contribution is -2.49. The minimum absolute atomic E-state index is 0.110. The molecule has 246 valence electrons. The Morgan fingerprint density at radius 3 is 1.62 bits per heavy atom. The van der Waals surface area contributed by atoms with Crippen molar-refractivity contribution in [1.29, 1.82) is 0 Å². The summed E-state index contributed by atoms with van der Waals surface area (Å²) < 4.78 is 30.6. The smallest absolute Gasteiger partial charge is 0.257 e. The van der Waals surface area contributed by atoms with Crippen LogP contribution in [-0.4, -0.2) is 58.3 Å². The van der Waals surface area contributed by atoms with Gasteiger partial charge in [0.15, 0.2) is 9.84 Å². The highest BCUT2D eigenvalue weighted by Crippen LogP contribution is 2.45. The molecule has 0 N–H and O–H groups in total.